The summed E-state index contributed by atoms with van der Waals surface area (Å²) in [6.07, 6.45) is 2.15. The molecule has 1 aliphatic heterocycles. The number of rotatable bonds is 7. The van der Waals surface area contributed by atoms with Crippen LogP contribution in [0, 0.1) is 0 Å². The van der Waals surface area contributed by atoms with Gasteiger partial charge in [-0.1, -0.05) is 6.07 Å². The molecule has 2 aromatic rings. The van der Waals surface area contributed by atoms with E-state index in [0.717, 1.165) is 16.9 Å². The number of aromatic nitrogens is 3. The molecule has 0 saturated carbocycles. The second-order valence-corrected chi connectivity index (χ2v) is 9.25. The first-order valence-electron chi connectivity index (χ1n) is 9.35. The van der Waals surface area contributed by atoms with E-state index in [2.05, 4.69) is 20.5 Å². The molecule has 3 heterocycles. The lowest BCUT2D eigenvalue weighted by Crippen LogP contribution is -2.38. The van der Waals surface area contributed by atoms with E-state index in [1.165, 1.54) is 4.90 Å². The summed E-state index contributed by atoms with van der Waals surface area (Å²) in [4.78, 5) is 35.1. The van der Waals surface area contributed by atoms with Crippen LogP contribution in [0.2, 0.25) is 6.04 Å². The number of ether oxygens (including phenoxy) is 1. The zero-order valence-electron chi connectivity index (χ0n) is 16.8. The molecular weight excluding hydrogens is 392 g/mol. The molecule has 2 aromatic heterocycles. The molecule has 0 aliphatic carbocycles. The SMILES string of the molecule is CCN(C)C(=O)ON1CC[Si](c2cc(NC(=O)Cc3ccc(OC)nc3)n[nH]2)C1. The Labute approximate surface area is 170 Å². The van der Waals surface area contributed by atoms with Crippen LogP contribution in [0.15, 0.2) is 24.4 Å². The van der Waals surface area contributed by atoms with Gasteiger partial charge in [-0.15, -0.1) is 5.06 Å². The van der Waals surface area contributed by atoms with Crippen LogP contribution in [0.1, 0.15) is 12.5 Å². The van der Waals surface area contributed by atoms with Crippen LogP contribution in [0.3, 0.4) is 0 Å². The summed E-state index contributed by atoms with van der Waals surface area (Å²) in [7, 11) is 2.29. The number of aromatic amines is 1. The first-order valence-corrected chi connectivity index (χ1v) is 11.3. The van der Waals surface area contributed by atoms with E-state index in [-0.39, 0.29) is 18.4 Å². The molecule has 0 spiro atoms. The summed E-state index contributed by atoms with van der Waals surface area (Å²) in [5.74, 6) is 0.828. The summed E-state index contributed by atoms with van der Waals surface area (Å²) >= 11 is 0. The smallest absolute Gasteiger partial charge is 0.428 e. The van der Waals surface area contributed by atoms with Gasteiger partial charge in [0.2, 0.25) is 11.8 Å². The number of nitrogens with zero attached hydrogens (tertiary/aromatic N) is 4. The second kappa shape index (κ2) is 9.52. The number of H-pyrrole nitrogens is 1. The molecule has 0 unspecified atom stereocenters. The molecule has 1 saturated heterocycles. The van der Waals surface area contributed by atoms with Gasteiger partial charge in [0.15, 0.2) is 5.82 Å². The van der Waals surface area contributed by atoms with Crippen LogP contribution in [0.5, 0.6) is 5.88 Å². The third-order valence-corrected chi connectivity index (χ3v) is 7.20. The Morgan fingerprint density at radius 2 is 2.24 bits per heavy atom. The van der Waals surface area contributed by atoms with Crippen molar-refractivity contribution in [2.24, 2.45) is 0 Å². The number of carbonyl (C=O) groups excluding carboxylic acids is 2. The van der Waals surface area contributed by atoms with Gasteiger partial charge >= 0.3 is 6.09 Å². The Morgan fingerprint density at radius 3 is 2.93 bits per heavy atom. The molecule has 29 heavy (non-hydrogen) atoms. The second-order valence-electron chi connectivity index (χ2n) is 6.69. The third-order valence-electron chi connectivity index (χ3n) is 4.62. The van der Waals surface area contributed by atoms with Gasteiger partial charge in [0.25, 0.3) is 0 Å². The van der Waals surface area contributed by atoms with Crippen molar-refractivity contribution in [1.29, 1.82) is 0 Å². The highest BCUT2D eigenvalue weighted by atomic mass is 28.3. The van der Waals surface area contributed by atoms with E-state index in [4.69, 9.17) is 9.57 Å². The molecule has 3 rings (SSSR count). The molecule has 2 amide bonds. The first kappa shape index (κ1) is 20.8. The quantitative estimate of drug-likeness (QED) is 0.633. The van der Waals surface area contributed by atoms with Gasteiger partial charge in [0.1, 0.15) is 8.80 Å². The summed E-state index contributed by atoms with van der Waals surface area (Å²) in [6, 6.07) is 6.32. The Hall–Kier alpha value is -2.92. The monoisotopic (exact) mass is 417 g/mol. The van der Waals surface area contributed by atoms with Crippen molar-refractivity contribution in [3.63, 3.8) is 0 Å². The minimum absolute atomic E-state index is 0.170. The van der Waals surface area contributed by atoms with Gasteiger partial charge in [-0.25, -0.2) is 9.78 Å². The fraction of sp³-hybridized carbons (Fsp3) is 0.444. The number of hydroxylamine groups is 2. The number of anilines is 1. The summed E-state index contributed by atoms with van der Waals surface area (Å²) < 4.78 is 5.01. The molecule has 0 atom stereocenters. The number of hydrogen-bond donors (Lipinski definition) is 2. The summed E-state index contributed by atoms with van der Waals surface area (Å²) in [5.41, 5.74) is 0.788. The Morgan fingerprint density at radius 1 is 1.41 bits per heavy atom. The van der Waals surface area contributed by atoms with Crippen LogP contribution in [0.4, 0.5) is 10.6 Å². The lowest BCUT2D eigenvalue weighted by atomic mass is 10.2. The highest BCUT2D eigenvalue weighted by Gasteiger charge is 2.30. The normalized spacial score (nSPS) is 14.6. The number of nitrogens with one attached hydrogen (secondary N) is 2. The van der Waals surface area contributed by atoms with Gasteiger partial charge < -0.3 is 19.8 Å². The van der Waals surface area contributed by atoms with Gasteiger partial charge in [0.05, 0.1) is 13.5 Å². The summed E-state index contributed by atoms with van der Waals surface area (Å²) in [6.45, 7) is 3.19. The summed E-state index contributed by atoms with van der Waals surface area (Å²) in [5, 5.41) is 12.7. The van der Waals surface area contributed by atoms with E-state index in [1.54, 1.807) is 37.6 Å². The first-order chi connectivity index (χ1) is 14.0. The highest BCUT2D eigenvalue weighted by molar-refractivity contribution is 6.73. The molecule has 11 heteroatoms. The van der Waals surface area contributed by atoms with Crippen LogP contribution >= 0.6 is 0 Å². The maximum atomic E-state index is 12.2. The van der Waals surface area contributed by atoms with Crippen LogP contribution in [-0.2, 0) is 16.1 Å². The topological polar surface area (TPSA) is 113 Å². The maximum Gasteiger partial charge on any atom is 0.428 e. The number of amides is 2. The number of carbonyl (C=O) groups is 2. The van der Waals surface area contributed by atoms with Gasteiger partial charge in [0, 0.05) is 43.9 Å². The number of hydrogen-bond acceptors (Lipinski definition) is 7. The molecule has 155 valence electrons. The molecule has 10 nitrogen and oxygen atoms in total. The molecule has 1 fully saturated rings. The van der Waals surface area contributed by atoms with E-state index in [1.807, 2.05) is 13.0 Å². The minimum atomic E-state index is -0.958. The average molecular weight is 418 g/mol. The molecule has 0 bridgehead atoms. The van der Waals surface area contributed by atoms with Gasteiger partial charge in [-0.05, 0) is 24.6 Å². The fourth-order valence-corrected chi connectivity index (χ4v) is 5.13. The average Bonchev–Trinajstić information content (AvgIpc) is 3.37. The van der Waals surface area contributed by atoms with Crippen molar-refractivity contribution in [3.05, 3.63) is 30.0 Å². The minimum Gasteiger partial charge on any atom is -0.481 e. The van der Waals surface area contributed by atoms with E-state index in [9.17, 15) is 9.59 Å². The predicted molar refractivity (Wildman–Crippen MR) is 108 cm³/mol. The number of methoxy groups -OCH3 is 1. The van der Waals surface area contributed by atoms with E-state index in [0.29, 0.717) is 31.0 Å². The highest BCUT2D eigenvalue weighted by Crippen LogP contribution is 2.12. The van der Waals surface area contributed by atoms with Gasteiger partial charge in [-0.2, -0.15) is 5.10 Å². The largest absolute Gasteiger partial charge is 0.481 e. The van der Waals surface area contributed by atoms with Crippen LogP contribution < -0.4 is 15.4 Å². The predicted octanol–water partition coefficient (Wildman–Crippen LogP) is 0.554. The van der Waals surface area contributed by atoms with Crippen LogP contribution in [-0.4, -0.2) is 79.4 Å². The van der Waals surface area contributed by atoms with Crippen molar-refractivity contribution < 1.29 is 19.2 Å². The third kappa shape index (κ3) is 5.54. The van der Waals surface area contributed by atoms with E-state index >= 15 is 0 Å². The fourth-order valence-electron chi connectivity index (χ4n) is 2.81. The molecule has 1 aliphatic rings. The zero-order chi connectivity index (χ0) is 20.8. The molecule has 2 N–H and O–H groups in total. The van der Waals surface area contributed by atoms with Crippen molar-refractivity contribution in [2.45, 2.75) is 19.4 Å². The van der Waals surface area contributed by atoms with Crippen molar-refractivity contribution >= 4 is 31.9 Å². The lowest BCUT2D eigenvalue weighted by molar-refractivity contribution is -0.115. The van der Waals surface area contributed by atoms with Gasteiger partial charge in [-0.3, -0.25) is 9.89 Å². The maximum absolute atomic E-state index is 12.2. The molecular formula is C18H25N6O4Si. The Kier molecular flexibility index (Phi) is 6.83. The Balaban J connectivity index is 1.50. The van der Waals surface area contributed by atoms with E-state index < -0.39 is 8.80 Å². The zero-order valence-corrected chi connectivity index (χ0v) is 17.8. The number of pyridine rings is 1. The standard InChI is InChI=1S/C18H25N6O4Si/c1-4-23(2)18(26)28-24-7-8-29(12-24)17-10-14(21-22-17)20-15(25)9-13-5-6-16(27-3)19-11-13/h5-6,10-11H,4,7-9,12H2,1-3H3,(H2,20,21,22,25). The lowest BCUT2D eigenvalue weighted by Gasteiger charge is -2.19. The Bertz CT molecular complexity index is 843. The van der Waals surface area contributed by atoms with Crippen molar-refractivity contribution in [2.75, 3.05) is 38.7 Å². The van der Waals surface area contributed by atoms with Crippen molar-refractivity contribution in [1.82, 2.24) is 25.1 Å². The molecule has 0 aromatic carbocycles. The van der Waals surface area contributed by atoms with Crippen LogP contribution in [0.25, 0.3) is 0 Å². The van der Waals surface area contributed by atoms with Crippen molar-refractivity contribution in [3.8, 4) is 5.88 Å². The molecule has 1 radical (unpaired) electrons.